The van der Waals surface area contributed by atoms with Crippen molar-refractivity contribution in [3.05, 3.63) is 106 Å². The monoisotopic (exact) mass is 1720 g/mol. The molecule has 4 heterocycles. The van der Waals surface area contributed by atoms with Crippen LogP contribution in [0.5, 0.6) is 0 Å². The van der Waals surface area contributed by atoms with E-state index in [9.17, 15) is 48.3 Å². The largest absolute Gasteiger partial charge is 0.481 e. The van der Waals surface area contributed by atoms with E-state index in [-0.39, 0.29) is 103 Å². The van der Waals surface area contributed by atoms with E-state index in [0.717, 1.165) is 98.2 Å². The van der Waals surface area contributed by atoms with E-state index < -0.39 is 58.6 Å². The van der Waals surface area contributed by atoms with Crippen molar-refractivity contribution in [2.45, 2.75) is 233 Å². The lowest BCUT2D eigenvalue weighted by molar-refractivity contribution is -0.159. The summed E-state index contributed by atoms with van der Waals surface area (Å²) < 4.78 is 22.9. The van der Waals surface area contributed by atoms with Crippen LogP contribution in [0.25, 0.3) is 41.9 Å². The van der Waals surface area contributed by atoms with E-state index in [2.05, 4.69) is 73.5 Å². The molecule has 0 aliphatic carbocycles. The van der Waals surface area contributed by atoms with Crippen LogP contribution >= 0.6 is 22.7 Å². The van der Waals surface area contributed by atoms with Crippen LogP contribution in [0.3, 0.4) is 0 Å². The third kappa shape index (κ3) is 37.5. The number of esters is 4. The van der Waals surface area contributed by atoms with E-state index in [0.29, 0.717) is 61.0 Å². The highest BCUT2D eigenvalue weighted by molar-refractivity contribution is 7.20. The highest BCUT2D eigenvalue weighted by Gasteiger charge is 2.34. The van der Waals surface area contributed by atoms with Crippen LogP contribution in [0.15, 0.2) is 81.1 Å². The van der Waals surface area contributed by atoms with Gasteiger partial charge in [-0.25, -0.2) is 19.1 Å². The number of hydrogen-bond donors (Lipinski definition) is 5. The Labute approximate surface area is 718 Å². The van der Waals surface area contributed by atoms with Crippen LogP contribution in [0, 0.1) is 54.9 Å². The third-order valence-corrected chi connectivity index (χ3v) is 21.1. The Morgan fingerprint density at radius 2 is 0.876 bits per heavy atom. The lowest BCUT2D eigenvalue weighted by atomic mass is 9.91. The minimum absolute atomic E-state index is 0.00870. The van der Waals surface area contributed by atoms with E-state index in [4.69, 9.17) is 75.6 Å². The van der Waals surface area contributed by atoms with Gasteiger partial charge in [-0.2, -0.15) is 0 Å². The Kier molecular flexibility index (Phi) is 50.7. The maximum Gasteiger partial charge on any atom is 0.417 e. The summed E-state index contributed by atoms with van der Waals surface area (Å²) in [5.41, 5.74) is 2.17. The summed E-state index contributed by atoms with van der Waals surface area (Å²) in [5.74, 6) is -6.35. The first-order valence-electron chi connectivity index (χ1n) is 40.4. The Morgan fingerprint density at radius 1 is 0.463 bits per heavy atom. The van der Waals surface area contributed by atoms with Crippen LogP contribution in [-0.4, -0.2) is 161 Å². The molecule has 0 saturated heterocycles. The molecular formula is C85H120N16O18S2. The summed E-state index contributed by atoms with van der Waals surface area (Å²) >= 11 is 2.85. The summed E-state index contributed by atoms with van der Waals surface area (Å²) in [7, 11) is 0. The summed E-state index contributed by atoms with van der Waals surface area (Å²) in [6, 6.07) is 18.8. The number of carboxylic acid groups (broad SMARTS) is 5. The molecule has 5 N–H and O–H groups in total. The van der Waals surface area contributed by atoms with Crippen LogP contribution in [0.2, 0.25) is 0 Å². The number of aliphatic carboxylic acids is 5. The van der Waals surface area contributed by atoms with Crippen LogP contribution in [0.4, 0.5) is 55.4 Å². The van der Waals surface area contributed by atoms with Crippen molar-refractivity contribution in [3.63, 3.8) is 0 Å². The number of unbranched alkanes of at least 4 members (excludes halogenated alkanes) is 4. The van der Waals surface area contributed by atoms with Gasteiger partial charge < -0.3 is 73.7 Å². The fourth-order valence-corrected chi connectivity index (χ4v) is 11.6. The number of carboxylic acids is 5. The van der Waals surface area contributed by atoms with Crippen molar-refractivity contribution in [1.82, 2.24) is 29.1 Å². The van der Waals surface area contributed by atoms with Crippen molar-refractivity contribution in [2.24, 2.45) is 49.0 Å². The van der Waals surface area contributed by atoms with Gasteiger partial charge in [0, 0.05) is 50.1 Å². The van der Waals surface area contributed by atoms with Crippen molar-refractivity contribution in [3.8, 4) is 22.5 Å². The third-order valence-electron chi connectivity index (χ3n) is 19.1. The number of anilines is 2. The normalized spacial score (nSPS) is 12.0. The second kappa shape index (κ2) is 57.3. The fraction of sp³-hybridized carbons (Fsp3) is 0.565. The molecular weight excluding hydrogens is 1600 g/mol. The van der Waals surface area contributed by atoms with Gasteiger partial charge in [0.1, 0.15) is 24.6 Å². The summed E-state index contributed by atoms with van der Waals surface area (Å²) in [5, 5.41) is 63.4. The molecule has 0 radical (unpaired) electrons. The van der Waals surface area contributed by atoms with Gasteiger partial charge in [-0.3, -0.25) is 43.2 Å². The predicted molar refractivity (Wildman–Crippen MR) is 464 cm³/mol. The van der Waals surface area contributed by atoms with Crippen molar-refractivity contribution in [2.75, 3.05) is 62.4 Å². The quantitative estimate of drug-likeness (QED) is 0.00780. The minimum Gasteiger partial charge on any atom is -0.481 e. The molecule has 0 spiro atoms. The lowest BCUT2D eigenvalue weighted by Gasteiger charge is -2.20. The molecule has 6 rings (SSSR count). The number of azo groups is 2. The molecule has 121 heavy (non-hydrogen) atoms. The Balaban J connectivity index is 0.000000777. The van der Waals surface area contributed by atoms with Crippen molar-refractivity contribution >= 4 is 132 Å². The molecule has 5 unspecified atom stereocenters. The van der Waals surface area contributed by atoms with Gasteiger partial charge in [-0.05, 0) is 147 Å². The smallest absolute Gasteiger partial charge is 0.417 e. The van der Waals surface area contributed by atoms with E-state index >= 15 is 0 Å². The second-order valence-electron chi connectivity index (χ2n) is 28.6. The number of nitrogens with zero attached hydrogens (tertiary/aromatic N) is 16. The van der Waals surface area contributed by atoms with Crippen molar-refractivity contribution < 1.29 is 87.6 Å². The molecule has 34 nitrogen and oxygen atoms in total. The van der Waals surface area contributed by atoms with E-state index in [1.54, 1.807) is 46.1 Å². The number of benzene rings is 2. The van der Waals surface area contributed by atoms with E-state index in [1.165, 1.54) is 34.2 Å². The Morgan fingerprint density at radius 3 is 1.25 bits per heavy atom. The first-order chi connectivity index (χ1) is 57.4. The number of ether oxygens (including phenoxy) is 4. The summed E-state index contributed by atoms with van der Waals surface area (Å²) in [6.45, 7) is 67.2. The SMILES string of the molecule is CCC(C)(C)C(=O)O.CCC(C)(C)C(=O)OCCOC(=O)CCC(=O)O.CCC(C)C(=O)O.CCC(C)C(=O)OCCCCCC(=O)OCCCCCC(=O)O.[C-]#[N+]c1nc(N=Nc2sc(N(CC)CC)nc2-c2ccccc2)n(C(C)C(C)C(=O)O)c1[N+]#[C-].[C-]#[N+]c1nc(N=Nc2sc(N(CC)CC)nc2-c2ccccc2)n(C(C)CC)c1[N+]#[C-]. The maximum atomic E-state index is 11.6. The van der Waals surface area contributed by atoms with Gasteiger partial charge in [0.2, 0.25) is 0 Å². The average Bonchev–Trinajstić information content (AvgIpc) is 1.66. The molecule has 0 aliphatic heterocycles. The predicted octanol–water partition coefficient (Wildman–Crippen LogP) is 21.3. The standard InChI is InChI=1S/C23H24N8O2S.C22H24N8S.C17H30O6.C12H20O6.C6H12O2.C5H10O2/c1-7-30(8-2)23-26-17(16-12-10-9-11-13-16)20(34-23)28-29-22-27-18(24-5)19(25-6)31(22)15(4)14(3)21(32)33;1-7-15(4)30-19(24-6)18(23-5)26-21(30)28-27-20-17(16-13-11-10-12-14-16)25-22(31-20)29(8-2)9-3;1-3-14(2)17(21)23-13-9-5-7-11-16(20)22-12-8-4-6-10-15(18)19;1-4-12(2,3)11(16)18-8-7-17-10(15)6-5-9(13)14;1-4-6(2,3)5(7)8;1-3-4(2)5(6)7/h9-15H,7-8H2,1-4H3,(H,32,33);10-15H,7-9H2,1-4H3;14H,3-13H2,1-2H3,(H,18,19);4-8H2,1-3H3,(H,13,14);4H2,1-3H3,(H,7,8);4H,3H2,1-2H3,(H,6,7). The number of carbonyl (C=O) groups is 9. The molecule has 660 valence electrons. The molecule has 0 saturated carbocycles. The maximum absolute atomic E-state index is 11.6. The molecule has 0 bridgehead atoms. The number of rotatable bonds is 43. The van der Waals surface area contributed by atoms with Gasteiger partial charge in [-0.15, -0.1) is 10.2 Å². The lowest BCUT2D eigenvalue weighted by Crippen LogP contribution is -2.27. The van der Waals surface area contributed by atoms with Crippen LogP contribution in [0.1, 0.15) is 233 Å². The number of carbonyl (C=O) groups excluding carboxylic acids is 4. The Hall–Kier alpha value is -11.9. The molecule has 2 aromatic carbocycles. The molecule has 0 aliphatic rings. The van der Waals surface area contributed by atoms with Gasteiger partial charge in [0.25, 0.3) is 23.3 Å². The zero-order chi connectivity index (χ0) is 91.5. The Bertz CT molecular complexity index is 4480. The molecule has 0 fully saturated rings. The zero-order valence-electron chi connectivity index (χ0n) is 72.9. The van der Waals surface area contributed by atoms with Gasteiger partial charge >= 0.3 is 65.6 Å². The van der Waals surface area contributed by atoms with Crippen molar-refractivity contribution in [1.29, 1.82) is 0 Å². The first-order valence-corrected chi connectivity index (χ1v) is 42.0. The topological polar surface area (TPSA) is 426 Å². The number of hydrogen-bond acceptors (Lipinski definition) is 25. The van der Waals surface area contributed by atoms with Gasteiger partial charge in [-0.1, -0.05) is 178 Å². The summed E-state index contributed by atoms with van der Waals surface area (Å²) in [6.07, 6.45) is 8.07. The van der Waals surface area contributed by atoms with Crippen LogP contribution in [-0.2, 0) is 62.1 Å². The molecule has 36 heteroatoms. The summed E-state index contributed by atoms with van der Waals surface area (Å²) in [4.78, 5) is 134. The number of thiazole rings is 2. The first kappa shape index (κ1) is 107. The number of aromatic nitrogens is 6. The molecule has 5 atom stereocenters. The van der Waals surface area contributed by atoms with E-state index in [1.807, 2.05) is 123 Å². The average molecular weight is 1720 g/mol. The highest BCUT2D eigenvalue weighted by atomic mass is 32.1. The fourth-order valence-electron chi connectivity index (χ4n) is 9.52. The number of imidazole rings is 2. The van der Waals surface area contributed by atoms with Gasteiger partial charge in [0.05, 0.1) is 66.7 Å². The molecule has 4 aromatic heterocycles. The minimum atomic E-state index is -1.05. The molecule has 0 amide bonds. The second-order valence-corrected chi connectivity index (χ2v) is 30.5. The van der Waals surface area contributed by atoms with Gasteiger partial charge in [0.15, 0.2) is 20.3 Å². The molecule has 6 aromatic rings. The van der Waals surface area contributed by atoms with Crippen LogP contribution < -0.4 is 9.80 Å². The zero-order valence-corrected chi connectivity index (χ0v) is 74.6. The highest BCUT2D eigenvalue weighted by Crippen LogP contribution is 2.45.